The standard InChI is InChI=1S/C11H15F3N4O/c12-11(13,14)7-4-9(17-15)16-10(5-7)18-3-1-2-8(18)6-19/h4-5,8,19H,1-3,6,15H2,(H,16,17). The number of nitrogens with zero attached hydrogens (tertiary/aromatic N) is 2. The van der Waals surface area contributed by atoms with Crippen LogP contribution < -0.4 is 16.2 Å². The van der Waals surface area contributed by atoms with E-state index >= 15 is 0 Å². The molecule has 19 heavy (non-hydrogen) atoms. The molecule has 1 unspecified atom stereocenters. The highest BCUT2D eigenvalue weighted by molar-refractivity contribution is 5.52. The molecular weight excluding hydrogens is 261 g/mol. The molecule has 0 aliphatic carbocycles. The number of pyridine rings is 1. The van der Waals surface area contributed by atoms with Gasteiger partial charge in [-0.3, -0.25) is 0 Å². The molecule has 8 heteroatoms. The molecule has 5 nitrogen and oxygen atoms in total. The molecule has 1 aliphatic heterocycles. The van der Waals surface area contributed by atoms with E-state index in [4.69, 9.17) is 5.84 Å². The fraction of sp³-hybridized carbons (Fsp3) is 0.545. The van der Waals surface area contributed by atoms with Gasteiger partial charge in [0.15, 0.2) is 0 Å². The van der Waals surface area contributed by atoms with Crippen molar-refractivity contribution in [3.8, 4) is 0 Å². The number of hydrazine groups is 1. The summed E-state index contributed by atoms with van der Waals surface area (Å²) < 4.78 is 38.4. The Hall–Kier alpha value is -1.54. The molecule has 1 saturated heterocycles. The number of aliphatic hydroxyl groups is 1. The Labute approximate surface area is 108 Å². The molecule has 106 valence electrons. The molecule has 1 aromatic heterocycles. The topological polar surface area (TPSA) is 74.4 Å². The number of nitrogen functional groups attached to an aromatic ring is 1. The van der Waals surface area contributed by atoms with Crippen LogP contribution in [-0.4, -0.2) is 29.3 Å². The Morgan fingerprint density at radius 1 is 1.47 bits per heavy atom. The maximum absolute atomic E-state index is 12.8. The fourth-order valence-corrected chi connectivity index (χ4v) is 2.23. The van der Waals surface area contributed by atoms with Crippen molar-refractivity contribution >= 4 is 11.6 Å². The smallest absolute Gasteiger partial charge is 0.394 e. The Bertz CT molecular complexity index is 452. The highest BCUT2D eigenvalue weighted by atomic mass is 19.4. The Kier molecular flexibility index (Phi) is 3.81. The minimum Gasteiger partial charge on any atom is -0.394 e. The van der Waals surface area contributed by atoms with Gasteiger partial charge in [0.25, 0.3) is 0 Å². The molecule has 0 bridgehead atoms. The molecule has 2 rings (SSSR count). The molecule has 0 amide bonds. The predicted octanol–water partition coefficient (Wildman–Crippen LogP) is 1.35. The Morgan fingerprint density at radius 2 is 2.21 bits per heavy atom. The lowest BCUT2D eigenvalue weighted by Gasteiger charge is -2.25. The van der Waals surface area contributed by atoms with Gasteiger partial charge >= 0.3 is 6.18 Å². The number of aliphatic hydroxyl groups excluding tert-OH is 1. The van der Waals surface area contributed by atoms with Gasteiger partial charge < -0.3 is 15.4 Å². The van der Waals surface area contributed by atoms with Crippen molar-refractivity contribution in [1.29, 1.82) is 0 Å². The SMILES string of the molecule is NNc1cc(C(F)(F)F)cc(N2CCCC2CO)n1. The van der Waals surface area contributed by atoms with Crippen LogP contribution in [0.1, 0.15) is 18.4 Å². The number of nitrogens with one attached hydrogen (secondary N) is 1. The lowest BCUT2D eigenvalue weighted by Crippen LogP contribution is -2.33. The third kappa shape index (κ3) is 2.90. The van der Waals surface area contributed by atoms with Crippen molar-refractivity contribution in [3.05, 3.63) is 17.7 Å². The van der Waals surface area contributed by atoms with Crippen molar-refractivity contribution in [2.24, 2.45) is 5.84 Å². The number of rotatable bonds is 3. The minimum absolute atomic E-state index is 0.0478. The maximum Gasteiger partial charge on any atom is 0.416 e. The van der Waals surface area contributed by atoms with Crippen LogP contribution in [0.3, 0.4) is 0 Å². The van der Waals surface area contributed by atoms with Crippen LogP contribution in [-0.2, 0) is 6.18 Å². The summed E-state index contributed by atoms with van der Waals surface area (Å²) in [5.41, 5.74) is 1.32. The van der Waals surface area contributed by atoms with Gasteiger partial charge in [-0.1, -0.05) is 0 Å². The zero-order chi connectivity index (χ0) is 14.0. The number of anilines is 2. The third-order valence-electron chi connectivity index (χ3n) is 3.17. The maximum atomic E-state index is 12.8. The van der Waals surface area contributed by atoms with Crippen LogP contribution >= 0.6 is 0 Å². The van der Waals surface area contributed by atoms with Crippen LogP contribution in [0, 0.1) is 0 Å². The van der Waals surface area contributed by atoms with E-state index in [0.717, 1.165) is 25.0 Å². The van der Waals surface area contributed by atoms with Gasteiger partial charge in [-0.05, 0) is 25.0 Å². The second-order valence-electron chi connectivity index (χ2n) is 4.41. The van der Waals surface area contributed by atoms with Gasteiger partial charge in [0, 0.05) is 6.54 Å². The van der Waals surface area contributed by atoms with Gasteiger partial charge in [-0.25, -0.2) is 10.8 Å². The molecule has 0 aromatic carbocycles. The van der Waals surface area contributed by atoms with E-state index in [9.17, 15) is 18.3 Å². The highest BCUT2D eigenvalue weighted by Gasteiger charge is 2.33. The molecule has 0 radical (unpaired) electrons. The largest absolute Gasteiger partial charge is 0.416 e. The van der Waals surface area contributed by atoms with Gasteiger partial charge in [0.1, 0.15) is 11.6 Å². The van der Waals surface area contributed by atoms with Crippen LogP contribution in [0.2, 0.25) is 0 Å². The quantitative estimate of drug-likeness (QED) is 0.574. The van der Waals surface area contributed by atoms with E-state index in [0.29, 0.717) is 6.54 Å². The summed E-state index contributed by atoms with van der Waals surface area (Å²) >= 11 is 0. The van der Waals surface area contributed by atoms with Crippen molar-refractivity contribution in [2.45, 2.75) is 25.1 Å². The Morgan fingerprint density at radius 3 is 2.79 bits per heavy atom. The van der Waals surface area contributed by atoms with Crippen LogP contribution in [0.25, 0.3) is 0 Å². The van der Waals surface area contributed by atoms with Crippen molar-refractivity contribution < 1.29 is 18.3 Å². The van der Waals surface area contributed by atoms with Gasteiger partial charge in [0.05, 0.1) is 18.2 Å². The van der Waals surface area contributed by atoms with E-state index in [-0.39, 0.29) is 24.3 Å². The molecule has 0 saturated carbocycles. The van der Waals surface area contributed by atoms with Gasteiger partial charge in [-0.2, -0.15) is 13.2 Å². The lowest BCUT2D eigenvalue weighted by atomic mass is 10.2. The number of halogens is 3. The third-order valence-corrected chi connectivity index (χ3v) is 3.17. The summed E-state index contributed by atoms with van der Waals surface area (Å²) in [4.78, 5) is 5.70. The van der Waals surface area contributed by atoms with Crippen LogP contribution in [0.15, 0.2) is 12.1 Å². The first-order valence-corrected chi connectivity index (χ1v) is 5.89. The molecule has 1 aliphatic rings. The molecule has 4 N–H and O–H groups in total. The van der Waals surface area contributed by atoms with E-state index in [1.165, 1.54) is 0 Å². The van der Waals surface area contributed by atoms with E-state index < -0.39 is 11.7 Å². The number of nitrogens with two attached hydrogens (primary N) is 1. The summed E-state index contributed by atoms with van der Waals surface area (Å²) in [6.07, 6.45) is -2.91. The van der Waals surface area contributed by atoms with E-state index in [1.54, 1.807) is 4.90 Å². The van der Waals surface area contributed by atoms with Gasteiger partial charge in [0.2, 0.25) is 0 Å². The first-order chi connectivity index (χ1) is 8.95. The molecule has 1 atom stereocenters. The van der Waals surface area contributed by atoms with E-state index in [2.05, 4.69) is 10.4 Å². The number of hydrogen-bond acceptors (Lipinski definition) is 5. The summed E-state index contributed by atoms with van der Waals surface area (Å²) in [5, 5.41) is 9.22. The average Bonchev–Trinajstić information content (AvgIpc) is 2.85. The minimum atomic E-state index is -4.46. The second-order valence-corrected chi connectivity index (χ2v) is 4.41. The zero-order valence-electron chi connectivity index (χ0n) is 10.1. The number of aromatic nitrogens is 1. The molecule has 1 aromatic rings. The summed E-state index contributed by atoms with van der Waals surface area (Å²) in [6, 6.07) is 1.64. The van der Waals surface area contributed by atoms with Gasteiger partial charge in [-0.15, -0.1) is 0 Å². The monoisotopic (exact) mass is 276 g/mol. The zero-order valence-corrected chi connectivity index (χ0v) is 10.1. The van der Waals surface area contributed by atoms with Crippen molar-refractivity contribution in [1.82, 2.24) is 4.98 Å². The first-order valence-electron chi connectivity index (χ1n) is 5.89. The highest BCUT2D eigenvalue weighted by Crippen LogP contribution is 2.34. The second kappa shape index (κ2) is 5.22. The van der Waals surface area contributed by atoms with E-state index in [1.807, 2.05) is 0 Å². The molecule has 1 fully saturated rings. The first kappa shape index (κ1) is 13.9. The van der Waals surface area contributed by atoms with Crippen LogP contribution in [0.5, 0.6) is 0 Å². The van der Waals surface area contributed by atoms with Crippen molar-refractivity contribution in [3.63, 3.8) is 0 Å². The average molecular weight is 276 g/mol. The molecular formula is C11H15F3N4O. The summed E-state index contributed by atoms with van der Waals surface area (Å²) in [6.45, 7) is 0.465. The lowest BCUT2D eigenvalue weighted by molar-refractivity contribution is -0.137. The normalized spacial score (nSPS) is 19.8. The Balaban J connectivity index is 2.39. The van der Waals surface area contributed by atoms with Crippen LogP contribution in [0.4, 0.5) is 24.8 Å². The predicted molar refractivity (Wildman–Crippen MR) is 64.5 cm³/mol. The number of hydrogen-bond donors (Lipinski definition) is 3. The molecule has 0 spiro atoms. The van der Waals surface area contributed by atoms with Crippen molar-refractivity contribution in [2.75, 3.05) is 23.5 Å². The fourth-order valence-electron chi connectivity index (χ4n) is 2.23. The molecule has 2 heterocycles. The number of alkyl halides is 3. The summed E-state index contributed by atoms with van der Waals surface area (Å²) in [7, 11) is 0. The summed E-state index contributed by atoms with van der Waals surface area (Å²) in [5.74, 6) is 5.28.